The van der Waals surface area contributed by atoms with Gasteiger partial charge in [0.05, 0.1) is 21.9 Å². The Hall–Kier alpha value is -3.43. The van der Waals surface area contributed by atoms with Gasteiger partial charge in [-0.25, -0.2) is 9.96 Å². The Bertz CT molecular complexity index is 1590. The third-order valence-electron chi connectivity index (χ3n) is 6.67. The summed E-state index contributed by atoms with van der Waals surface area (Å²) in [5.74, 6) is -1.85. The highest BCUT2D eigenvalue weighted by molar-refractivity contribution is 7.10. The molecule has 2 amide bonds. The van der Waals surface area contributed by atoms with E-state index in [1.54, 1.807) is 37.3 Å². The molecule has 2 fully saturated rings. The molecule has 6 rings (SSSR count). The van der Waals surface area contributed by atoms with Gasteiger partial charge >= 0.3 is 4.87 Å². The molecule has 10 heteroatoms. The number of fused-ring (bicyclic) bond motifs is 1. The molecule has 2 aliphatic rings. The molecule has 2 saturated heterocycles. The van der Waals surface area contributed by atoms with E-state index in [0.29, 0.717) is 32.5 Å². The van der Waals surface area contributed by atoms with Gasteiger partial charge < -0.3 is 0 Å². The SMILES string of the molecule is Cc1c(Cl)cccc1N1C(=O)[C@@H]2[C@H](ON(c3ccccc3)[C@@H]2c2sc(=O)n(-c3ccccc3)c2Cl)C1=O. The summed E-state index contributed by atoms with van der Waals surface area (Å²) >= 11 is 14.1. The fourth-order valence-electron chi connectivity index (χ4n) is 4.91. The van der Waals surface area contributed by atoms with Crippen LogP contribution in [0.25, 0.3) is 5.69 Å². The Morgan fingerprint density at radius 2 is 1.46 bits per heavy atom. The summed E-state index contributed by atoms with van der Waals surface area (Å²) in [4.78, 5) is 48.1. The van der Waals surface area contributed by atoms with Crippen LogP contribution in [0.2, 0.25) is 10.2 Å². The zero-order valence-corrected chi connectivity index (χ0v) is 21.7. The summed E-state index contributed by atoms with van der Waals surface area (Å²) in [5, 5.41) is 2.15. The lowest BCUT2D eigenvalue weighted by Crippen LogP contribution is -2.37. The van der Waals surface area contributed by atoms with Crippen molar-refractivity contribution < 1.29 is 14.4 Å². The topological polar surface area (TPSA) is 71.8 Å². The molecule has 186 valence electrons. The van der Waals surface area contributed by atoms with E-state index in [0.717, 1.165) is 16.2 Å². The number of hydrogen-bond acceptors (Lipinski definition) is 6. The predicted octanol–water partition coefficient (Wildman–Crippen LogP) is 5.57. The van der Waals surface area contributed by atoms with Crippen LogP contribution in [0.1, 0.15) is 16.5 Å². The van der Waals surface area contributed by atoms with Crippen LogP contribution in [0.5, 0.6) is 0 Å². The van der Waals surface area contributed by atoms with Crippen LogP contribution in [0.3, 0.4) is 0 Å². The van der Waals surface area contributed by atoms with E-state index >= 15 is 0 Å². The molecule has 0 saturated carbocycles. The highest BCUT2D eigenvalue weighted by Gasteiger charge is 2.61. The molecule has 1 aromatic heterocycles. The van der Waals surface area contributed by atoms with Gasteiger partial charge in [-0.1, -0.05) is 77.0 Å². The maximum absolute atomic E-state index is 13.9. The first-order valence-corrected chi connectivity index (χ1v) is 13.1. The fraction of sp³-hybridized carbons (Fsp3) is 0.148. The number of hydroxylamine groups is 1. The molecule has 3 atom stereocenters. The van der Waals surface area contributed by atoms with Gasteiger partial charge in [-0.05, 0) is 48.9 Å². The minimum absolute atomic E-state index is 0.175. The second-order valence-corrected chi connectivity index (χ2v) is 10.5. The maximum atomic E-state index is 13.9. The zero-order chi connectivity index (χ0) is 25.8. The van der Waals surface area contributed by atoms with E-state index in [1.165, 1.54) is 9.63 Å². The number of hydrogen-bond donors (Lipinski definition) is 0. The van der Waals surface area contributed by atoms with Crippen LogP contribution in [-0.4, -0.2) is 22.5 Å². The van der Waals surface area contributed by atoms with Gasteiger partial charge in [0, 0.05) is 5.02 Å². The monoisotopic (exact) mass is 551 g/mol. The average Bonchev–Trinajstić information content (AvgIpc) is 3.51. The number of anilines is 2. The van der Waals surface area contributed by atoms with Crippen LogP contribution < -0.4 is 14.8 Å². The summed E-state index contributed by atoms with van der Waals surface area (Å²) in [7, 11) is 0. The second kappa shape index (κ2) is 9.15. The van der Waals surface area contributed by atoms with E-state index in [1.807, 2.05) is 48.5 Å². The highest BCUT2D eigenvalue weighted by Crippen LogP contribution is 2.50. The van der Waals surface area contributed by atoms with E-state index in [9.17, 15) is 14.4 Å². The number of aromatic nitrogens is 1. The number of rotatable bonds is 4. The molecule has 0 bridgehead atoms. The average molecular weight is 552 g/mol. The van der Waals surface area contributed by atoms with Crippen LogP contribution in [0.4, 0.5) is 11.4 Å². The van der Waals surface area contributed by atoms with Crippen molar-refractivity contribution in [3.8, 4) is 5.69 Å². The maximum Gasteiger partial charge on any atom is 0.313 e. The first-order chi connectivity index (χ1) is 17.9. The van der Waals surface area contributed by atoms with Crippen molar-refractivity contribution in [1.29, 1.82) is 0 Å². The Kier molecular flexibility index (Phi) is 5.92. The molecule has 0 spiro atoms. The molecule has 0 N–H and O–H groups in total. The lowest BCUT2D eigenvalue weighted by atomic mass is 9.95. The lowest BCUT2D eigenvalue weighted by molar-refractivity contribution is -0.126. The van der Waals surface area contributed by atoms with Crippen LogP contribution >= 0.6 is 34.5 Å². The van der Waals surface area contributed by atoms with Crippen molar-refractivity contribution >= 4 is 57.7 Å². The number of carbonyl (C=O) groups excluding carboxylic acids is 2. The Morgan fingerprint density at radius 1 is 0.811 bits per heavy atom. The molecule has 0 unspecified atom stereocenters. The van der Waals surface area contributed by atoms with Crippen LogP contribution in [-0.2, 0) is 14.4 Å². The fourth-order valence-corrected chi connectivity index (χ4v) is 6.54. The molecular formula is C27H19Cl2N3O4S. The predicted molar refractivity (Wildman–Crippen MR) is 144 cm³/mol. The molecule has 37 heavy (non-hydrogen) atoms. The summed E-state index contributed by atoms with van der Waals surface area (Å²) in [5.41, 5.74) is 2.26. The Balaban J connectivity index is 1.50. The molecule has 0 aliphatic carbocycles. The Morgan fingerprint density at radius 3 is 2.14 bits per heavy atom. The van der Waals surface area contributed by atoms with Crippen molar-refractivity contribution in [2.45, 2.75) is 19.1 Å². The summed E-state index contributed by atoms with van der Waals surface area (Å²) in [6.45, 7) is 1.75. The number of halogens is 2. The van der Waals surface area contributed by atoms with Gasteiger partial charge in [-0.15, -0.1) is 0 Å². The van der Waals surface area contributed by atoms with E-state index in [4.69, 9.17) is 28.0 Å². The van der Waals surface area contributed by atoms with Gasteiger partial charge in [0.15, 0.2) is 6.10 Å². The van der Waals surface area contributed by atoms with Crippen molar-refractivity contribution in [2.75, 3.05) is 9.96 Å². The van der Waals surface area contributed by atoms with Gasteiger partial charge in [0.25, 0.3) is 5.91 Å². The van der Waals surface area contributed by atoms with E-state index < -0.39 is 29.9 Å². The second-order valence-electron chi connectivity index (χ2n) is 8.75. The van der Waals surface area contributed by atoms with Gasteiger partial charge in [0.1, 0.15) is 17.1 Å². The minimum Gasteiger partial charge on any atom is -0.273 e. The standard InChI is InChI=1S/C27H19Cl2N3O4S/c1-15-18(28)13-8-14-19(15)31-25(33)20-21(32(36-22(20)26(31)34)17-11-6-3-7-12-17)23-24(29)30(27(35)37-23)16-9-4-2-5-10-16/h2-14,20-22H,1H3/t20-,21-,22-/m0/s1. The highest BCUT2D eigenvalue weighted by atomic mass is 35.5. The summed E-state index contributed by atoms with van der Waals surface area (Å²) in [6, 6.07) is 22.4. The first-order valence-electron chi connectivity index (χ1n) is 11.5. The minimum atomic E-state index is -1.09. The number of carbonyl (C=O) groups is 2. The molecular weight excluding hydrogens is 533 g/mol. The number of amides is 2. The third kappa shape index (κ3) is 3.71. The number of benzene rings is 3. The quantitative estimate of drug-likeness (QED) is 0.310. The summed E-state index contributed by atoms with van der Waals surface area (Å²) in [6.07, 6.45) is -1.09. The molecule has 0 radical (unpaired) electrons. The normalized spacial score (nSPS) is 21.1. The smallest absolute Gasteiger partial charge is 0.273 e. The van der Waals surface area contributed by atoms with E-state index in [2.05, 4.69) is 0 Å². The van der Waals surface area contributed by atoms with Crippen molar-refractivity contribution in [3.05, 3.63) is 109 Å². The summed E-state index contributed by atoms with van der Waals surface area (Å²) < 4.78 is 1.40. The zero-order valence-electron chi connectivity index (χ0n) is 19.4. The molecule has 2 aliphatic heterocycles. The van der Waals surface area contributed by atoms with Gasteiger partial charge in [0.2, 0.25) is 5.91 Å². The lowest BCUT2D eigenvalue weighted by Gasteiger charge is -2.28. The van der Waals surface area contributed by atoms with Crippen molar-refractivity contribution in [1.82, 2.24) is 4.57 Å². The molecule has 3 aromatic carbocycles. The van der Waals surface area contributed by atoms with Gasteiger partial charge in [-0.3, -0.25) is 23.8 Å². The first kappa shape index (κ1) is 23.9. The largest absolute Gasteiger partial charge is 0.313 e. The van der Waals surface area contributed by atoms with Crippen molar-refractivity contribution in [2.24, 2.45) is 5.92 Å². The van der Waals surface area contributed by atoms with Crippen molar-refractivity contribution in [3.63, 3.8) is 0 Å². The van der Waals surface area contributed by atoms with Gasteiger partial charge in [-0.2, -0.15) is 0 Å². The molecule has 7 nitrogen and oxygen atoms in total. The number of imide groups is 1. The molecule has 4 aromatic rings. The number of para-hydroxylation sites is 2. The van der Waals surface area contributed by atoms with Crippen LogP contribution in [0, 0.1) is 12.8 Å². The third-order valence-corrected chi connectivity index (χ3v) is 8.57. The van der Waals surface area contributed by atoms with E-state index in [-0.39, 0.29) is 10.0 Å². The number of nitrogens with zero attached hydrogens (tertiary/aromatic N) is 3. The molecule has 3 heterocycles. The Labute approximate surface area is 226 Å². The number of thiazole rings is 1. The van der Waals surface area contributed by atoms with Crippen LogP contribution in [0.15, 0.2) is 83.7 Å².